The van der Waals surface area contributed by atoms with Crippen LogP contribution < -0.4 is 19.5 Å². The van der Waals surface area contributed by atoms with Crippen LogP contribution >= 0.6 is 11.6 Å². The molecule has 0 bridgehead atoms. The van der Waals surface area contributed by atoms with E-state index < -0.39 is 0 Å². The Morgan fingerprint density at radius 3 is 2.03 bits per heavy atom. The molecule has 30 heavy (non-hydrogen) atoms. The number of carbonyl (C=O) groups is 2. The predicted octanol–water partition coefficient (Wildman–Crippen LogP) is 3.97. The zero-order chi connectivity index (χ0) is 21.8. The molecule has 0 aromatic heterocycles. The van der Waals surface area contributed by atoms with Gasteiger partial charge in [0.2, 0.25) is 5.75 Å². The molecule has 2 amide bonds. The maximum atomic E-state index is 13.1. The van der Waals surface area contributed by atoms with Crippen molar-refractivity contribution in [3.05, 3.63) is 52.7 Å². The minimum absolute atomic E-state index is 0.185. The van der Waals surface area contributed by atoms with Crippen LogP contribution in [0, 0.1) is 0 Å². The monoisotopic (exact) mass is 430 g/mol. The van der Waals surface area contributed by atoms with Gasteiger partial charge in [-0.1, -0.05) is 30.7 Å². The number of halogens is 1. The molecule has 0 unspecified atom stereocenters. The third kappa shape index (κ3) is 3.93. The Morgan fingerprint density at radius 2 is 1.53 bits per heavy atom. The predicted molar refractivity (Wildman–Crippen MR) is 115 cm³/mol. The van der Waals surface area contributed by atoms with Gasteiger partial charge < -0.3 is 19.5 Å². The van der Waals surface area contributed by atoms with Crippen molar-refractivity contribution in [1.29, 1.82) is 0 Å². The van der Waals surface area contributed by atoms with Crippen molar-refractivity contribution in [3.63, 3.8) is 0 Å². The maximum absolute atomic E-state index is 13.1. The van der Waals surface area contributed by atoms with E-state index in [1.54, 1.807) is 36.4 Å². The molecule has 0 radical (unpaired) electrons. The van der Waals surface area contributed by atoms with E-state index in [4.69, 9.17) is 25.8 Å². The highest BCUT2D eigenvalue weighted by atomic mass is 35.5. The number of rotatable bonds is 8. The number of amides is 2. The molecular formula is C22H23ClN2O5. The summed E-state index contributed by atoms with van der Waals surface area (Å²) in [5.74, 6) is 0.545. The van der Waals surface area contributed by atoms with Gasteiger partial charge in [0.25, 0.3) is 11.8 Å². The topological polar surface area (TPSA) is 77.1 Å². The van der Waals surface area contributed by atoms with Crippen LogP contribution in [0.5, 0.6) is 17.2 Å². The second-order valence-corrected chi connectivity index (χ2v) is 6.99. The Balaban J connectivity index is 2.11. The van der Waals surface area contributed by atoms with E-state index >= 15 is 0 Å². The third-order valence-corrected chi connectivity index (χ3v) is 4.93. The van der Waals surface area contributed by atoms with E-state index in [1.165, 1.54) is 26.2 Å². The Hall–Kier alpha value is -3.19. The van der Waals surface area contributed by atoms with Crippen LogP contribution in [0.2, 0.25) is 5.02 Å². The van der Waals surface area contributed by atoms with Gasteiger partial charge in [-0.15, -0.1) is 0 Å². The summed E-state index contributed by atoms with van der Waals surface area (Å²) in [6.07, 6.45) is 0.656. The zero-order valence-corrected chi connectivity index (χ0v) is 18.0. The molecule has 1 heterocycles. The average molecular weight is 431 g/mol. The fourth-order valence-electron chi connectivity index (χ4n) is 3.30. The molecule has 7 nitrogen and oxygen atoms in total. The van der Waals surface area contributed by atoms with Crippen molar-refractivity contribution in [2.75, 3.05) is 33.2 Å². The molecule has 1 aliphatic rings. The number of carbonyl (C=O) groups excluding carboxylic acids is 2. The van der Waals surface area contributed by atoms with Gasteiger partial charge in [0, 0.05) is 29.4 Å². The van der Waals surface area contributed by atoms with Gasteiger partial charge in [0.15, 0.2) is 11.5 Å². The highest BCUT2D eigenvalue weighted by molar-refractivity contribution is 6.36. The van der Waals surface area contributed by atoms with Crippen LogP contribution in [-0.2, 0) is 9.59 Å². The number of nitrogens with zero attached hydrogens (tertiary/aromatic N) is 1. The third-order valence-electron chi connectivity index (χ3n) is 4.68. The molecule has 2 aromatic rings. The molecule has 1 N–H and O–H groups in total. The van der Waals surface area contributed by atoms with E-state index in [9.17, 15) is 9.59 Å². The summed E-state index contributed by atoms with van der Waals surface area (Å²) in [5, 5.41) is 3.63. The molecule has 2 aromatic carbocycles. The molecule has 158 valence electrons. The number of benzene rings is 2. The average Bonchev–Trinajstić information content (AvgIpc) is 2.98. The quantitative estimate of drug-likeness (QED) is 0.638. The normalized spacial score (nSPS) is 13.7. The second kappa shape index (κ2) is 9.09. The van der Waals surface area contributed by atoms with Crippen LogP contribution in [0.4, 0.5) is 5.69 Å². The summed E-state index contributed by atoms with van der Waals surface area (Å²) in [6, 6.07) is 10.1. The van der Waals surface area contributed by atoms with Crippen molar-refractivity contribution >= 4 is 34.7 Å². The van der Waals surface area contributed by atoms with Crippen molar-refractivity contribution in [2.24, 2.45) is 0 Å². The van der Waals surface area contributed by atoms with Gasteiger partial charge in [-0.05, 0) is 24.1 Å². The highest BCUT2D eigenvalue weighted by Crippen LogP contribution is 2.41. The summed E-state index contributed by atoms with van der Waals surface area (Å²) in [7, 11) is 4.52. The van der Waals surface area contributed by atoms with Crippen molar-refractivity contribution in [1.82, 2.24) is 4.90 Å². The van der Waals surface area contributed by atoms with Gasteiger partial charge in [0.05, 0.1) is 26.9 Å². The van der Waals surface area contributed by atoms with Crippen LogP contribution in [0.25, 0.3) is 5.57 Å². The van der Waals surface area contributed by atoms with Crippen molar-refractivity contribution in [2.45, 2.75) is 13.3 Å². The van der Waals surface area contributed by atoms with E-state index in [0.717, 1.165) is 0 Å². The number of hydrogen-bond donors (Lipinski definition) is 1. The van der Waals surface area contributed by atoms with Crippen LogP contribution in [0.3, 0.4) is 0 Å². The number of imide groups is 1. The lowest BCUT2D eigenvalue weighted by atomic mass is 10.0. The van der Waals surface area contributed by atoms with Gasteiger partial charge in [-0.3, -0.25) is 14.5 Å². The number of hydrogen-bond acceptors (Lipinski definition) is 6. The molecular weight excluding hydrogens is 408 g/mol. The summed E-state index contributed by atoms with van der Waals surface area (Å²) < 4.78 is 16.1. The summed E-state index contributed by atoms with van der Waals surface area (Å²) in [5.41, 5.74) is 1.60. The number of methoxy groups -OCH3 is 3. The van der Waals surface area contributed by atoms with Crippen molar-refractivity contribution < 1.29 is 23.8 Å². The molecule has 3 rings (SSSR count). The van der Waals surface area contributed by atoms with E-state index in [-0.39, 0.29) is 17.5 Å². The minimum atomic E-state index is -0.388. The van der Waals surface area contributed by atoms with Crippen LogP contribution in [0.1, 0.15) is 18.9 Å². The largest absolute Gasteiger partial charge is 0.493 e. The van der Waals surface area contributed by atoms with E-state index in [2.05, 4.69) is 5.32 Å². The van der Waals surface area contributed by atoms with Gasteiger partial charge in [-0.2, -0.15) is 0 Å². The lowest BCUT2D eigenvalue weighted by molar-refractivity contribution is -0.136. The number of ether oxygens (including phenoxy) is 3. The molecule has 0 saturated carbocycles. The standard InChI is InChI=1S/C22H23ClN2O5/c1-5-10-25-21(26)18(13-6-8-14(23)9-7-13)19(22(25)27)24-15-11-16(28-2)20(30-4)17(12-15)29-3/h6-9,11-12,24H,5,10H2,1-4H3. The second-order valence-electron chi connectivity index (χ2n) is 6.56. The SMILES string of the molecule is CCCN1C(=O)C(Nc2cc(OC)c(OC)c(OC)c2)=C(c2ccc(Cl)cc2)C1=O. The zero-order valence-electron chi connectivity index (χ0n) is 17.2. The molecule has 0 aliphatic carbocycles. The lowest BCUT2D eigenvalue weighted by Gasteiger charge is -2.16. The Morgan fingerprint density at radius 1 is 0.933 bits per heavy atom. The first-order chi connectivity index (χ1) is 14.4. The first-order valence-corrected chi connectivity index (χ1v) is 9.76. The maximum Gasteiger partial charge on any atom is 0.278 e. The first kappa shape index (κ1) is 21.5. The fourth-order valence-corrected chi connectivity index (χ4v) is 3.43. The highest BCUT2D eigenvalue weighted by Gasteiger charge is 2.38. The Bertz CT molecular complexity index is 976. The van der Waals surface area contributed by atoms with E-state index in [1.807, 2.05) is 6.92 Å². The first-order valence-electron chi connectivity index (χ1n) is 9.38. The summed E-state index contributed by atoms with van der Waals surface area (Å²) >= 11 is 5.99. The molecule has 0 spiro atoms. The van der Waals surface area contributed by atoms with Crippen molar-refractivity contribution in [3.8, 4) is 17.2 Å². The van der Waals surface area contributed by atoms with Crippen LogP contribution in [0.15, 0.2) is 42.1 Å². The Kier molecular flexibility index (Phi) is 6.52. The van der Waals surface area contributed by atoms with Gasteiger partial charge in [-0.25, -0.2) is 0 Å². The molecule has 0 saturated heterocycles. The molecule has 0 fully saturated rings. The molecule has 1 aliphatic heterocycles. The summed E-state index contributed by atoms with van der Waals surface area (Å²) in [4.78, 5) is 27.3. The number of anilines is 1. The van der Waals surface area contributed by atoms with Crippen LogP contribution in [-0.4, -0.2) is 44.6 Å². The smallest absolute Gasteiger partial charge is 0.278 e. The lowest BCUT2D eigenvalue weighted by Crippen LogP contribution is -2.33. The Labute approximate surface area is 180 Å². The fraction of sp³-hybridized carbons (Fsp3) is 0.273. The number of nitrogens with one attached hydrogen (secondary N) is 1. The summed E-state index contributed by atoms with van der Waals surface area (Å²) in [6.45, 7) is 2.24. The molecule has 0 atom stereocenters. The van der Waals surface area contributed by atoms with Gasteiger partial charge >= 0.3 is 0 Å². The minimum Gasteiger partial charge on any atom is -0.493 e. The van der Waals surface area contributed by atoms with Gasteiger partial charge in [0.1, 0.15) is 5.70 Å². The molecule has 8 heteroatoms. The van der Waals surface area contributed by atoms with E-state index in [0.29, 0.717) is 52.1 Å².